The zero-order chi connectivity index (χ0) is 18.1. The summed E-state index contributed by atoms with van der Waals surface area (Å²) in [5, 5.41) is 1.73. The van der Waals surface area contributed by atoms with E-state index in [2.05, 4.69) is 36.9 Å². The number of hydrogen-bond acceptors (Lipinski definition) is 6. The first kappa shape index (κ1) is 17.7. The molecule has 1 aliphatic carbocycles. The number of nitrogens with zero attached hydrogens (tertiary/aromatic N) is 4. The van der Waals surface area contributed by atoms with Crippen LogP contribution in [0.3, 0.4) is 0 Å². The number of halogens is 1. The Morgan fingerprint density at radius 3 is 2.73 bits per heavy atom. The Labute approximate surface area is 165 Å². The average Bonchev–Trinajstić information content (AvgIpc) is 3.32. The van der Waals surface area contributed by atoms with E-state index in [0.717, 1.165) is 42.8 Å². The average molecular weight is 437 g/mol. The summed E-state index contributed by atoms with van der Waals surface area (Å²) in [6.45, 7) is 2.86. The Balaban J connectivity index is 1.28. The first-order valence-corrected chi connectivity index (χ1v) is 10.5. The number of carbonyl (C=O) groups is 1. The number of hydrogen-bond donors (Lipinski definition) is 0. The molecule has 0 bridgehead atoms. The van der Waals surface area contributed by atoms with Crippen LogP contribution in [0.2, 0.25) is 0 Å². The van der Waals surface area contributed by atoms with Gasteiger partial charge in [-0.15, -0.1) is 11.3 Å². The van der Waals surface area contributed by atoms with Gasteiger partial charge in [0.15, 0.2) is 0 Å². The highest BCUT2D eigenvalue weighted by Crippen LogP contribution is 2.42. The number of rotatable bonds is 4. The van der Waals surface area contributed by atoms with Crippen LogP contribution in [0.5, 0.6) is 5.88 Å². The molecule has 2 fully saturated rings. The third kappa shape index (κ3) is 3.86. The molecule has 4 rings (SSSR count). The fraction of sp³-hybridized carbons (Fsp3) is 0.500. The minimum atomic E-state index is -0.325. The topological polar surface area (TPSA) is 58.6 Å². The molecule has 3 heterocycles. The maximum absolute atomic E-state index is 12.2. The third-order valence-electron chi connectivity index (χ3n) is 5.33. The fourth-order valence-electron chi connectivity index (χ4n) is 4.20. The number of anilines is 1. The lowest BCUT2D eigenvalue weighted by Gasteiger charge is -2.23. The maximum Gasteiger partial charge on any atom is 0.416 e. The molecule has 6 nitrogen and oxygen atoms in total. The molecule has 3 atom stereocenters. The van der Waals surface area contributed by atoms with Crippen LogP contribution in [-0.4, -0.2) is 47.6 Å². The Bertz CT molecular complexity index is 741. The van der Waals surface area contributed by atoms with Gasteiger partial charge >= 0.3 is 6.09 Å². The second kappa shape index (κ2) is 7.52. The fourth-order valence-corrected chi connectivity index (χ4v) is 4.88. The van der Waals surface area contributed by atoms with Gasteiger partial charge in [-0.2, -0.15) is 0 Å². The van der Waals surface area contributed by atoms with Crippen molar-refractivity contribution in [3.8, 4) is 5.88 Å². The first-order chi connectivity index (χ1) is 12.6. The smallest absolute Gasteiger partial charge is 0.390 e. The van der Waals surface area contributed by atoms with Gasteiger partial charge in [0, 0.05) is 37.4 Å². The molecule has 0 radical (unpaired) electrons. The van der Waals surface area contributed by atoms with Gasteiger partial charge in [-0.3, -0.25) is 0 Å². The number of aromatic nitrogens is 2. The molecule has 0 N–H and O–H groups in total. The van der Waals surface area contributed by atoms with Gasteiger partial charge < -0.3 is 14.5 Å². The van der Waals surface area contributed by atoms with Crippen molar-refractivity contribution in [2.45, 2.75) is 12.8 Å². The highest BCUT2D eigenvalue weighted by molar-refractivity contribution is 9.10. The van der Waals surface area contributed by atoms with E-state index in [9.17, 15) is 4.79 Å². The zero-order valence-electron chi connectivity index (χ0n) is 14.5. The summed E-state index contributed by atoms with van der Waals surface area (Å²) >= 11 is 4.85. The molecule has 26 heavy (non-hydrogen) atoms. The monoisotopic (exact) mass is 436 g/mol. The Morgan fingerprint density at radius 2 is 2.12 bits per heavy atom. The van der Waals surface area contributed by atoms with E-state index in [4.69, 9.17) is 4.74 Å². The van der Waals surface area contributed by atoms with E-state index < -0.39 is 0 Å². The molecule has 0 aromatic carbocycles. The summed E-state index contributed by atoms with van der Waals surface area (Å²) in [4.78, 5) is 24.7. The molecule has 8 heteroatoms. The highest BCUT2D eigenvalue weighted by Gasteiger charge is 2.41. The maximum atomic E-state index is 12.2. The van der Waals surface area contributed by atoms with Crippen molar-refractivity contribution in [3.63, 3.8) is 0 Å². The van der Waals surface area contributed by atoms with Gasteiger partial charge in [0.25, 0.3) is 0 Å². The normalized spacial score (nSPS) is 24.5. The molecule has 2 aromatic rings. The summed E-state index contributed by atoms with van der Waals surface area (Å²) in [5.74, 6) is 3.36. The van der Waals surface area contributed by atoms with Gasteiger partial charge in [0.1, 0.15) is 5.82 Å². The second-order valence-electron chi connectivity index (χ2n) is 7.17. The third-order valence-corrected chi connectivity index (χ3v) is 6.36. The van der Waals surface area contributed by atoms with Crippen molar-refractivity contribution in [2.75, 3.05) is 31.6 Å². The first-order valence-electron chi connectivity index (χ1n) is 8.76. The van der Waals surface area contributed by atoms with Crippen LogP contribution in [-0.2, 0) is 0 Å². The van der Waals surface area contributed by atoms with Gasteiger partial charge in [-0.25, -0.2) is 14.8 Å². The number of carbonyl (C=O) groups excluding carboxylic acids is 1. The summed E-state index contributed by atoms with van der Waals surface area (Å²) in [6, 6.07) is 4.12. The van der Waals surface area contributed by atoms with E-state index in [1.165, 1.54) is 11.3 Å². The SMILES string of the molecule is CN(CC1C[C@@H]2CN(c3ccc(Br)cn3)C[C@@H]2C1)C(=O)Oc1cscn1. The van der Waals surface area contributed by atoms with Crippen LogP contribution in [0.1, 0.15) is 12.8 Å². The molecule has 1 saturated carbocycles. The summed E-state index contributed by atoms with van der Waals surface area (Å²) in [7, 11) is 1.81. The van der Waals surface area contributed by atoms with Gasteiger partial charge in [0.05, 0.1) is 10.9 Å². The Hall–Kier alpha value is -1.67. The lowest BCUT2D eigenvalue weighted by Crippen LogP contribution is -2.34. The number of thiazole rings is 1. The molecule has 1 saturated heterocycles. The minimum absolute atomic E-state index is 0.325. The van der Waals surface area contributed by atoms with Crippen LogP contribution in [0.25, 0.3) is 0 Å². The van der Waals surface area contributed by atoms with E-state index >= 15 is 0 Å². The molecule has 0 spiro atoms. The van der Waals surface area contributed by atoms with E-state index in [-0.39, 0.29) is 6.09 Å². The van der Waals surface area contributed by atoms with Crippen molar-refractivity contribution >= 4 is 39.2 Å². The van der Waals surface area contributed by atoms with Crippen LogP contribution in [0.4, 0.5) is 10.6 Å². The Kier molecular flexibility index (Phi) is 5.13. The summed E-state index contributed by atoms with van der Waals surface area (Å²) in [6.07, 6.45) is 3.85. The van der Waals surface area contributed by atoms with Crippen molar-refractivity contribution in [1.29, 1.82) is 0 Å². The number of ether oxygens (including phenoxy) is 1. The van der Waals surface area contributed by atoms with Crippen molar-refractivity contribution in [1.82, 2.24) is 14.9 Å². The lowest BCUT2D eigenvalue weighted by molar-refractivity contribution is 0.153. The molecule has 1 amide bonds. The molecule has 138 valence electrons. The number of amides is 1. The molecular formula is C18H21BrN4O2S. The zero-order valence-corrected chi connectivity index (χ0v) is 16.9. The van der Waals surface area contributed by atoms with Gasteiger partial charge in [-0.05, 0) is 58.7 Å². The standard InChI is InChI=1S/C18H21BrN4O2S/c1-22(18(24)25-17-10-26-11-21-17)7-12-4-13-8-23(9-14(13)5-12)16-3-2-15(19)6-20-16/h2-3,6,10-14H,4-5,7-9H2,1H3/t12?,13-,14+. The predicted octanol–water partition coefficient (Wildman–Crippen LogP) is 3.89. The lowest BCUT2D eigenvalue weighted by atomic mass is 10.0. The van der Waals surface area contributed by atoms with Crippen molar-refractivity contribution < 1.29 is 9.53 Å². The van der Waals surface area contributed by atoms with Gasteiger partial charge in [-0.1, -0.05) is 0 Å². The summed E-state index contributed by atoms with van der Waals surface area (Å²) in [5.41, 5.74) is 1.66. The molecule has 2 aromatic heterocycles. The molecule has 2 aliphatic rings. The number of fused-ring (bicyclic) bond motifs is 1. The Morgan fingerprint density at radius 1 is 1.35 bits per heavy atom. The van der Waals surface area contributed by atoms with E-state index in [1.807, 2.05) is 12.3 Å². The van der Waals surface area contributed by atoms with Crippen LogP contribution in [0.15, 0.2) is 33.7 Å². The van der Waals surface area contributed by atoms with Crippen LogP contribution in [0, 0.1) is 17.8 Å². The van der Waals surface area contributed by atoms with Crippen LogP contribution < -0.4 is 9.64 Å². The second-order valence-corrected chi connectivity index (χ2v) is 8.81. The molecular weight excluding hydrogens is 416 g/mol. The minimum Gasteiger partial charge on any atom is -0.390 e. The predicted molar refractivity (Wildman–Crippen MR) is 105 cm³/mol. The van der Waals surface area contributed by atoms with E-state index in [0.29, 0.717) is 23.6 Å². The molecule has 1 aliphatic heterocycles. The summed E-state index contributed by atoms with van der Waals surface area (Å²) < 4.78 is 6.28. The van der Waals surface area contributed by atoms with Gasteiger partial charge in [0.2, 0.25) is 5.88 Å². The van der Waals surface area contributed by atoms with Crippen molar-refractivity contribution in [2.24, 2.45) is 17.8 Å². The number of pyridine rings is 1. The highest BCUT2D eigenvalue weighted by atomic mass is 79.9. The van der Waals surface area contributed by atoms with Crippen LogP contribution >= 0.6 is 27.3 Å². The quantitative estimate of drug-likeness (QED) is 0.727. The van der Waals surface area contributed by atoms with Crippen molar-refractivity contribution in [3.05, 3.63) is 33.7 Å². The van der Waals surface area contributed by atoms with E-state index in [1.54, 1.807) is 22.8 Å². The molecule has 1 unspecified atom stereocenters. The largest absolute Gasteiger partial charge is 0.416 e.